The second-order valence-corrected chi connectivity index (χ2v) is 30.3. The minimum absolute atomic E-state index is 0.00679. The molecule has 24 nitrogen and oxygen atoms in total. The first kappa shape index (κ1) is 83.8. The van der Waals surface area contributed by atoms with E-state index in [1.165, 1.54) is 66.5 Å². The number of likely N-dealkylation sites (tertiary alicyclic amines) is 1. The summed E-state index contributed by atoms with van der Waals surface area (Å²) in [5, 5.41) is 22.1. The van der Waals surface area contributed by atoms with E-state index in [0.717, 1.165) is 6.42 Å². The SMILES string of the molecule is CC[C@H](C)[C@H]1C(=O)C[C@@H](CC(C)C)C(=O)N(C)[C@@H](C)C(=O)N(C)[C@@H](Cc2ccccc2)C(=O)NCC(=O)N[C@@H]([C@@H](C)O)C(=O)C[C@@H](Cc2ccccc2)C(=O)N(C)[C@@H](CC(C)C)C(=O)N2CCC[C@H]2C(=O)C[C@H](C(=O)N2CCCCC2)CC(=O)N[C@H](C(C)C)C(=O)N[C@@H](CC(C)C)C(=O)N1C. The molecule has 0 aliphatic carbocycles. The summed E-state index contributed by atoms with van der Waals surface area (Å²) in [6.07, 6.45) is 0.647. The van der Waals surface area contributed by atoms with Crippen LogP contribution in [-0.2, 0) is 75.2 Å². The summed E-state index contributed by atoms with van der Waals surface area (Å²) in [5.74, 6) is -12.7. The molecule has 5 N–H and O–H groups in total. The zero-order chi connectivity index (χ0) is 75.3. The Morgan fingerprint density at radius 3 is 1.61 bits per heavy atom. The van der Waals surface area contributed by atoms with Gasteiger partial charge >= 0.3 is 0 Å². The molecule has 2 aromatic carbocycles. The van der Waals surface area contributed by atoms with Crippen molar-refractivity contribution >= 4 is 76.4 Å². The third-order valence-electron chi connectivity index (χ3n) is 20.4. The monoisotopic (exact) mass is 1410 g/mol. The van der Waals surface area contributed by atoms with Crippen molar-refractivity contribution in [2.75, 3.05) is 54.4 Å². The Balaban J connectivity index is 1.62. The van der Waals surface area contributed by atoms with Crippen LogP contribution in [0, 0.1) is 47.3 Å². The number of likely N-dealkylation sites (N-methyl/N-ethyl adjacent to an activating group) is 4. The van der Waals surface area contributed by atoms with Gasteiger partial charge in [0.2, 0.25) is 59.1 Å². The van der Waals surface area contributed by atoms with Crippen LogP contribution in [0.15, 0.2) is 60.7 Å². The summed E-state index contributed by atoms with van der Waals surface area (Å²) >= 11 is 0. The summed E-state index contributed by atoms with van der Waals surface area (Å²) < 4.78 is 0. The first-order valence-electron chi connectivity index (χ1n) is 36.7. The molecule has 0 radical (unpaired) electrons. The molecule has 3 fully saturated rings. The highest BCUT2D eigenvalue weighted by atomic mass is 16.3. The van der Waals surface area contributed by atoms with Crippen molar-refractivity contribution in [3.63, 3.8) is 0 Å². The zero-order valence-electron chi connectivity index (χ0n) is 63.0. The normalized spacial score (nSPS) is 26.8. The van der Waals surface area contributed by atoms with E-state index in [1.54, 1.807) is 79.4 Å². The Labute approximate surface area is 599 Å². The van der Waals surface area contributed by atoms with Crippen molar-refractivity contribution in [3.8, 4) is 0 Å². The van der Waals surface area contributed by atoms with Crippen LogP contribution in [0.5, 0.6) is 0 Å². The number of nitrogens with zero attached hydrogens (tertiary/aromatic N) is 6. The van der Waals surface area contributed by atoms with Crippen molar-refractivity contribution in [2.45, 2.75) is 234 Å². The maximum Gasteiger partial charge on any atom is 0.245 e. The van der Waals surface area contributed by atoms with Crippen molar-refractivity contribution < 1.29 is 67.4 Å². The van der Waals surface area contributed by atoms with Gasteiger partial charge in [0.05, 0.1) is 30.7 Å². The average molecular weight is 1410 g/mol. The van der Waals surface area contributed by atoms with Gasteiger partial charge in [-0.15, -0.1) is 0 Å². The van der Waals surface area contributed by atoms with Gasteiger partial charge in [0.1, 0.15) is 36.3 Å². The van der Waals surface area contributed by atoms with Gasteiger partial charge in [-0.05, 0) is 112 Å². The number of nitrogens with one attached hydrogen (secondary N) is 4. The van der Waals surface area contributed by atoms with E-state index < -0.39 is 186 Å². The molecule has 3 saturated heterocycles. The van der Waals surface area contributed by atoms with E-state index in [9.17, 15) is 48.3 Å². The number of ketones is 3. The van der Waals surface area contributed by atoms with Gasteiger partial charge in [0, 0.05) is 91.8 Å². The molecule has 2 aromatic rings. The maximum absolute atomic E-state index is 15.3. The number of amides is 10. The molecule has 3 aliphatic rings. The predicted molar refractivity (Wildman–Crippen MR) is 384 cm³/mol. The lowest BCUT2D eigenvalue weighted by molar-refractivity contribution is -0.150. The Morgan fingerprint density at radius 2 is 1.06 bits per heavy atom. The third-order valence-corrected chi connectivity index (χ3v) is 20.4. The molecule has 0 unspecified atom stereocenters. The largest absolute Gasteiger partial charge is 0.391 e. The molecule has 560 valence electrons. The minimum Gasteiger partial charge on any atom is -0.391 e. The average Bonchev–Trinajstić information content (AvgIpc) is 1.51. The molecule has 101 heavy (non-hydrogen) atoms. The molecule has 10 amide bonds. The van der Waals surface area contributed by atoms with Gasteiger partial charge in [0.15, 0.2) is 17.3 Å². The van der Waals surface area contributed by atoms with Gasteiger partial charge < -0.3 is 55.8 Å². The van der Waals surface area contributed by atoms with Gasteiger partial charge in [-0.1, -0.05) is 136 Å². The first-order valence-corrected chi connectivity index (χ1v) is 36.7. The number of hydrogen-bond acceptors (Lipinski definition) is 14. The van der Waals surface area contributed by atoms with Crippen LogP contribution >= 0.6 is 0 Å². The van der Waals surface area contributed by atoms with Crippen LogP contribution in [0.4, 0.5) is 0 Å². The molecule has 0 aromatic heterocycles. The number of rotatable bonds is 15. The van der Waals surface area contributed by atoms with Crippen LogP contribution in [-0.4, -0.2) is 220 Å². The van der Waals surface area contributed by atoms with Gasteiger partial charge in [0.25, 0.3) is 0 Å². The van der Waals surface area contributed by atoms with Crippen molar-refractivity contribution in [2.24, 2.45) is 47.3 Å². The van der Waals surface area contributed by atoms with Crippen molar-refractivity contribution in [1.29, 1.82) is 0 Å². The fourth-order valence-electron chi connectivity index (χ4n) is 14.4. The highest BCUT2D eigenvalue weighted by molar-refractivity contribution is 6.00. The number of Topliss-reactive ketones (excluding diaryl/α,β-unsaturated/α-hetero) is 3. The topological polar surface area (TPSA) is 310 Å². The molecule has 0 bridgehead atoms. The summed E-state index contributed by atoms with van der Waals surface area (Å²) in [7, 11) is 5.81. The number of carbonyl (C=O) groups is 13. The summed E-state index contributed by atoms with van der Waals surface area (Å²) in [6, 6.07) is 7.97. The van der Waals surface area contributed by atoms with E-state index in [1.807, 2.05) is 55.4 Å². The number of aliphatic hydroxyl groups excluding tert-OH is 1. The third kappa shape index (κ3) is 23.8. The summed E-state index contributed by atoms with van der Waals surface area (Å²) in [4.78, 5) is 201. The quantitative estimate of drug-likeness (QED) is 0.142. The number of aliphatic hydroxyl groups is 1. The van der Waals surface area contributed by atoms with Crippen molar-refractivity contribution in [3.05, 3.63) is 71.8 Å². The standard InChI is InChI=1S/C77H118N10O14/c1-17-50(10)69-64(91)43-55(36-46(2)3)73(97)82(13)51(11)72(96)83(14)60(40-54-30-23-19-24-31-54)70(94)78-45-66(93)81-68(52(12)88)63(90)42-56(39-53-28-21-18-22-29-53)74(98)84(15)61(38-48(6)7)77(101)87-35-27-32-59(87)62(89)41-57(75(99)86-33-25-20-26-34-86)44-65(92)80-67(49(8)9)71(95)79-58(37-47(4)5)76(100)85(69)16/h18-19,21-24,28-31,46-52,55-61,67-69,88H,17,20,25-27,32-45H2,1-16H3,(H,78,94)(H,79,95)(H,80,92)(H,81,93)/t50-,51-,52+,55+,56+,57-,58-,59-,60-,61-,67+,68-,69-/m0/s1. The Bertz CT molecular complexity index is 3170. The molecule has 0 spiro atoms. The van der Waals surface area contributed by atoms with Gasteiger partial charge in [-0.2, -0.15) is 0 Å². The van der Waals surface area contributed by atoms with E-state index in [4.69, 9.17) is 0 Å². The molecule has 13 atom stereocenters. The van der Waals surface area contributed by atoms with E-state index in [0.29, 0.717) is 49.9 Å². The van der Waals surface area contributed by atoms with Gasteiger partial charge in [-0.3, -0.25) is 62.3 Å². The van der Waals surface area contributed by atoms with Crippen molar-refractivity contribution in [1.82, 2.24) is 50.7 Å². The lowest BCUT2D eigenvalue weighted by Crippen LogP contribution is -2.58. The van der Waals surface area contributed by atoms with Crippen LogP contribution in [0.2, 0.25) is 0 Å². The minimum atomic E-state index is -1.59. The number of hydrogen-bond donors (Lipinski definition) is 5. The fraction of sp³-hybridized carbons (Fsp3) is 0.675. The molecule has 3 heterocycles. The van der Waals surface area contributed by atoms with E-state index in [2.05, 4.69) is 21.3 Å². The van der Waals surface area contributed by atoms with E-state index in [-0.39, 0.29) is 69.2 Å². The van der Waals surface area contributed by atoms with Crippen LogP contribution in [0.1, 0.15) is 178 Å². The molecule has 3 aliphatic heterocycles. The maximum atomic E-state index is 15.3. The molecule has 5 rings (SSSR count). The first-order chi connectivity index (χ1) is 47.6. The Hall–Kier alpha value is -7.89. The highest BCUT2D eigenvalue weighted by Crippen LogP contribution is 2.31. The highest BCUT2D eigenvalue weighted by Gasteiger charge is 2.45. The molecule has 0 saturated carbocycles. The van der Waals surface area contributed by atoms with Crippen LogP contribution in [0.3, 0.4) is 0 Å². The Kier molecular flexibility index (Phi) is 32.8. The fourth-order valence-corrected chi connectivity index (χ4v) is 14.4. The molecular weight excluding hydrogens is 1290 g/mol. The van der Waals surface area contributed by atoms with E-state index >= 15 is 19.2 Å². The zero-order valence-corrected chi connectivity index (χ0v) is 63.0. The number of carbonyl (C=O) groups excluding carboxylic acids is 13. The summed E-state index contributed by atoms with van der Waals surface area (Å²) in [5.41, 5.74) is 1.33. The van der Waals surface area contributed by atoms with Gasteiger partial charge in [-0.25, -0.2) is 0 Å². The van der Waals surface area contributed by atoms with Crippen LogP contribution < -0.4 is 21.3 Å². The second kappa shape index (κ2) is 39.5. The molecule has 24 heteroatoms. The predicted octanol–water partition coefficient (Wildman–Crippen LogP) is 5.72. The number of piperidine rings is 1. The second-order valence-electron chi connectivity index (χ2n) is 30.3. The number of benzene rings is 2. The Morgan fingerprint density at radius 1 is 0.515 bits per heavy atom. The summed E-state index contributed by atoms with van der Waals surface area (Å²) in [6.45, 7) is 21.5. The van der Waals surface area contributed by atoms with Crippen LogP contribution in [0.25, 0.3) is 0 Å². The molecular formula is C77H118N10O14. The number of fused-ring (bicyclic) bond motifs is 1. The lowest BCUT2D eigenvalue weighted by Gasteiger charge is -2.37. The smallest absolute Gasteiger partial charge is 0.245 e. The lowest BCUT2D eigenvalue weighted by atomic mass is 9.85.